The molecule has 164 valence electrons. The van der Waals surface area contributed by atoms with Gasteiger partial charge in [0.15, 0.2) is 0 Å². The average Bonchev–Trinajstić information content (AvgIpc) is 3.17. The number of aryl methyl sites for hydroxylation is 2. The van der Waals surface area contributed by atoms with Crippen LogP contribution in [0.1, 0.15) is 54.1 Å². The number of carboxylic acid groups (broad SMARTS) is 1. The molecule has 0 saturated heterocycles. The smallest absolute Gasteiger partial charge is 0.336 e. The minimum Gasteiger partial charge on any atom is -0.478 e. The summed E-state index contributed by atoms with van der Waals surface area (Å²) >= 11 is 0. The van der Waals surface area contributed by atoms with Crippen molar-refractivity contribution in [3.05, 3.63) is 81.5 Å². The third kappa shape index (κ3) is 4.06. The number of H-pyrrole nitrogens is 1. The van der Waals surface area contributed by atoms with Crippen molar-refractivity contribution in [3.63, 3.8) is 0 Å². The first-order valence-electron chi connectivity index (χ1n) is 10.9. The van der Waals surface area contributed by atoms with Gasteiger partial charge in [-0.1, -0.05) is 62.7 Å². The molecule has 0 radical (unpaired) electrons. The van der Waals surface area contributed by atoms with E-state index >= 15 is 0 Å². The molecule has 2 aromatic carbocycles. The molecule has 0 aliphatic heterocycles. The molecule has 2 aromatic heterocycles. The van der Waals surface area contributed by atoms with Crippen LogP contribution in [-0.2, 0) is 19.4 Å². The number of hydrogen-bond donors (Lipinski definition) is 2. The number of unbranched alkanes of at least 4 members (excludes halogenated alkanes) is 1. The Hall–Kier alpha value is -3.74. The third-order valence-electron chi connectivity index (χ3n) is 5.68. The van der Waals surface area contributed by atoms with Gasteiger partial charge in [0.05, 0.1) is 11.3 Å². The lowest BCUT2D eigenvalue weighted by Crippen LogP contribution is -2.16. The number of aromatic amines is 1. The number of imidazole rings is 1. The van der Waals surface area contributed by atoms with Crippen LogP contribution in [0.25, 0.3) is 22.2 Å². The Morgan fingerprint density at radius 3 is 2.53 bits per heavy atom. The average molecular weight is 431 g/mol. The topological polar surface area (TPSA) is 101 Å². The number of carbonyl (C=O) groups is 1. The lowest BCUT2D eigenvalue weighted by Gasteiger charge is -2.11. The van der Waals surface area contributed by atoms with Crippen LogP contribution < -0.4 is 5.56 Å². The van der Waals surface area contributed by atoms with E-state index < -0.39 is 5.97 Å². The summed E-state index contributed by atoms with van der Waals surface area (Å²) in [6, 6.07) is 14.8. The lowest BCUT2D eigenvalue weighted by atomic mass is 9.99. The Balaban J connectivity index is 1.74. The van der Waals surface area contributed by atoms with Gasteiger partial charge in [-0.2, -0.15) is 5.10 Å². The van der Waals surface area contributed by atoms with Gasteiger partial charge in [-0.25, -0.2) is 14.9 Å². The highest BCUT2D eigenvalue weighted by molar-refractivity contribution is 5.96. The van der Waals surface area contributed by atoms with Crippen molar-refractivity contribution in [1.29, 1.82) is 0 Å². The molecule has 2 heterocycles. The number of fused-ring (bicyclic) bond motifs is 1. The van der Waals surface area contributed by atoms with Gasteiger partial charge in [0, 0.05) is 13.0 Å². The molecule has 0 aliphatic carbocycles. The van der Waals surface area contributed by atoms with E-state index in [0.717, 1.165) is 41.9 Å². The molecule has 32 heavy (non-hydrogen) atoms. The Morgan fingerprint density at radius 1 is 1.09 bits per heavy atom. The number of benzene rings is 2. The highest BCUT2D eigenvalue weighted by Gasteiger charge is 2.18. The number of aromatic nitrogens is 4. The van der Waals surface area contributed by atoms with E-state index in [0.29, 0.717) is 29.6 Å². The van der Waals surface area contributed by atoms with E-state index in [-0.39, 0.29) is 11.1 Å². The Labute approximate surface area is 185 Å². The molecule has 2 N–H and O–H groups in total. The number of nitrogens with one attached hydrogen (secondary N) is 1. The molecule has 0 fully saturated rings. The lowest BCUT2D eigenvalue weighted by molar-refractivity contribution is 0.0697. The molecule has 0 spiro atoms. The van der Waals surface area contributed by atoms with Crippen LogP contribution in [0.4, 0.5) is 0 Å². The molecule has 0 amide bonds. The molecule has 4 rings (SSSR count). The third-order valence-corrected chi connectivity index (χ3v) is 5.68. The van der Waals surface area contributed by atoms with Gasteiger partial charge < -0.3 is 9.67 Å². The minimum absolute atomic E-state index is 0.237. The summed E-state index contributed by atoms with van der Waals surface area (Å²) in [4.78, 5) is 29.0. The molecule has 0 atom stereocenters. The van der Waals surface area contributed by atoms with E-state index in [4.69, 9.17) is 4.98 Å². The molecule has 0 aliphatic rings. The zero-order chi connectivity index (χ0) is 22.7. The van der Waals surface area contributed by atoms with Crippen LogP contribution >= 0.6 is 0 Å². The SMILES string of the molecule is CCCCc1nc2c(CC)n[nH]c(=O)c2n1Cc1ccc(-c2ccccc2C(=O)O)cc1. The first-order chi connectivity index (χ1) is 15.5. The first kappa shape index (κ1) is 21.5. The molecule has 0 bridgehead atoms. The van der Waals surface area contributed by atoms with Crippen molar-refractivity contribution >= 4 is 17.0 Å². The molecule has 4 aromatic rings. The summed E-state index contributed by atoms with van der Waals surface area (Å²) in [7, 11) is 0. The Bertz CT molecular complexity index is 1320. The summed E-state index contributed by atoms with van der Waals surface area (Å²) in [5, 5.41) is 16.3. The number of rotatable bonds is 8. The van der Waals surface area contributed by atoms with Crippen LogP contribution in [0.15, 0.2) is 53.3 Å². The standard InChI is InChI=1S/C25H26N4O3/c1-3-5-10-21-26-22-20(4-2)27-28-24(30)23(22)29(21)15-16-11-13-17(14-12-16)18-8-6-7-9-19(18)25(31)32/h6-9,11-14H,3-5,10,15H2,1-2H3,(H,28,30)(H,31,32). The number of carboxylic acids is 1. The first-order valence-corrected chi connectivity index (χ1v) is 10.9. The fourth-order valence-electron chi connectivity index (χ4n) is 3.99. The van der Waals surface area contributed by atoms with Crippen molar-refractivity contribution < 1.29 is 9.90 Å². The molecular formula is C25H26N4O3. The number of nitrogens with zero attached hydrogens (tertiary/aromatic N) is 3. The highest BCUT2D eigenvalue weighted by Crippen LogP contribution is 2.25. The van der Waals surface area contributed by atoms with Gasteiger partial charge in [-0.15, -0.1) is 0 Å². The van der Waals surface area contributed by atoms with Crippen molar-refractivity contribution in [1.82, 2.24) is 19.7 Å². The molecule has 0 saturated carbocycles. The van der Waals surface area contributed by atoms with E-state index in [1.54, 1.807) is 12.1 Å². The fraction of sp³-hybridized carbons (Fsp3) is 0.280. The summed E-state index contributed by atoms with van der Waals surface area (Å²) in [6.07, 6.45) is 3.50. The van der Waals surface area contributed by atoms with E-state index in [9.17, 15) is 14.7 Å². The van der Waals surface area contributed by atoms with Crippen LogP contribution in [0.5, 0.6) is 0 Å². The van der Waals surface area contributed by atoms with Crippen molar-refractivity contribution in [2.75, 3.05) is 0 Å². The maximum atomic E-state index is 12.7. The molecule has 7 nitrogen and oxygen atoms in total. The molecular weight excluding hydrogens is 404 g/mol. The van der Waals surface area contributed by atoms with Gasteiger partial charge >= 0.3 is 5.97 Å². The van der Waals surface area contributed by atoms with Gasteiger partial charge in [-0.3, -0.25) is 4.79 Å². The monoisotopic (exact) mass is 430 g/mol. The largest absolute Gasteiger partial charge is 0.478 e. The second-order valence-corrected chi connectivity index (χ2v) is 7.82. The van der Waals surface area contributed by atoms with Gasteiger partial charge in [-0.05, 0) is 35.6 Å². The second-order valence-electron chi connectivity index (χ2n) is 7.82. The predicted octanol–water partition coefficient (Wildman–Crippen LogP) is 4.44. The van der Waals surface area contributed by atoms with Crippen LogP contribution in [-0.4, -0.2) is 30.8 Å². The quantitative estimate of drug-likeness (QED) is 0.430. The van der Waals surface area contributed by atoms with Crippen LogP contribution in [0.3, 0.4) is 0 Å². The zero-order valence-electron chi connectivity index (χ0n) is 18.3. The summed E-state index contributed by atoms with van der Waals surface area (Å²) in [6.45, 7) is 4.64. The summed E-state index contributed by atoms with van der Waals surface area (Å²) in [5.41, 5.74) is 4.58. The highest BCUT2D eigenvalue weighted by atomic mass is 16.4. The number of aromatic carboxylic acids is 1. The van der Waals surface area contributed by atoms with Gasteiger partial charge in [0.2, 0.25) is 0 Å². The molecule has 0 unspecified atom stereocenters. The second kappa shape index (κ2) is 9.18. The fourth-order valence-corrected chi connectivity index (χ4v) is 3.99. The Morgan fingerprint density at radius 2 is 1.84 bits per heavy atom. The summed E-state index contributed by atoms with van der Waals surface area (Å²) < 4.78 is 1.99. The number of hydrogen-bond acceptors (Lipinski definition) is 4. The van der Waals surface area contributed by atoms with E-state index in [1.165, 1.54) is 0 Å². The Kier molecular flexibility index (Phi) is 6.16. The van der Waals surface area contributed by atoms with E-state index in [2.05, 4.69) is 17.1 Å². The van der Waals surface area contributed by atoms with Crippen molar-refractivity contribution in [3.8, 4) is 11.1 Å². The minimum atomic E-state index is -0.949. The predicted molar refractivity (Wildman–Crippen MR) is 124 cm³/mol. The van der Waals surface area contributed by atoms with E-state index in [1.807, 2.05) is 47.9 Å². The summed E-state index contributed by atoms with van der Waals surface area (Å²) in [5.74, 6) is -0.0648. The zero-order valence-corrected chi connectivity index (χ0v) is 18.3. The van der Waals surface area contributed by atoms with Crippen molar-refractivity contribution in [2.24, 2.45) is 0 Å². The van der Waals surface area contributed by atoms with Crippen molar-refractivity contribution in [2.45, 2.75) is 46.1 Å². The van der Waals surface area contributed by atoms with Crippen LogP contribution in [0.2, 0.25) is 0 Å². The molecule has 7 heteroatoms. The van der Waals surface area contributed by atoms with Gasteiger partial charge in [0.25, 0.3) is 5.56 Å². The normalized spacial score (nSPS) is 11.2. The van der Waals surface area contributed by atoms with Crippen LogP contribution in [0, 0.1) is 0 Å². The van der Waals surface area contributed by atoms with Gasteiger partial charge in [0.1, 0.15) is 16.9 Å². The maximum absolute atomic E-state index is 12.7. The maximum Gasteiger partial charge on any atom is 0.336 e.